The second-order valence-corrected chi connectivity index (χ2v) is 9.08. The van der Waals surface area contributed by atoms with Gasteiger partial charge >= 0.3 is 0 Å². The van der Waals surface area contributed by atoms with Crippen molar-refractivity contribution in [1.29, 1.82) is 0 Å². The lowest BCUT2D eigenvalue weighted by molar-refractivity contribution is 0.601. The van der Waals surface area contributed by atoms with E-state index in [-0.39, 0.29) is 10.5 Å². The molecule has 0 fully saturated rings. The van der Waals surface area contributed by atoms with Gasteiger partial charge in [-0.15, -0.1) is 0 Å². The van der Waals surface area contributed by atoms with Crippen molar-refractivity contribution in [3.8, 4) is 11.1 Å². The topological polar surface area (TPSA) is 91.1 Å². The van der Waals surface area contributed by atoms with Gasteiger partial charge in [-0.3, -0.25) is 9.52 Å². The third kappa shape index (κ3) is 3.13. The molecular formula is C23H19N3O3S. The van der Waals surface area contributed by atoms with Gasteiger partial charge in [0.1, 0.15) is 0 Å². The van der Waals surface area contributed by atoms with Crippen molar-refractivity contribution in [1.82, 2.24) is 4.98 Å². The summed E-state index contributed by atoms with van der Waals surface area (Å²) in [5.41, 5.74) is 5.21. The zero-order valence-electron chi connectivity index (χ0n) is 16.2. The highest BCUT2D eigenvalue weighted by molar-refractivity contribution is 7.93. The van der Waals surface area contributed by atoms with Gasteiger partial charge < -0.3 is 10.3 Å². The fourth-order valence-electron chi connectivity index (χ4n) is 3.78. The van der Waals surface area contributed by atoms with Crippen molar-refractivity contribution >= 4 is 32.3 Å². The molecule has 2 heterocycles. The quantitative estimate of drug-likeness (QED) is 0.465. The minimum atomic E-state index is -3.57. The molecule has 0 aliphatic carbocycles. The van der Waals surface area contributed by atoms with Crippen molar-refractivity contribution in [3.05, 3.63) is 88.2 Å². The smallest absolute Gasteiger partial charge is 0.262 e. The number of aryl methyl sites for hydroxylation is 1. The number of aromatic amines is 1. The molecule has 3 N–H and O–H groups in total. The molecule has 0 spiro atoms. The SMILES string of the molecule is Cc1ccc2cc(CNc3ccc4c(c3)-c3ccccc3S(=O)(=O)N4)c(=O)[nH]c2c1. The Hall–Kier alpha value is -3.58. The fourth-order valence-corrected chi connectivity index (χ4v) is 5.08. The molecule has 0 radical (unpaired) electrons. The van der Waals surface area contributed by atoms with Gasteiger partial charge in [-0.25, -0.2) is 8.42 Å². The third-order valence-corrected chi connectivity index (χ3v) is 6.72. The number of fused-ring (bicyclic) bond motifs is 4. The van der Waals surface area contributed by atoms with Crippen LogP contribution in [-0.4, -0.2) is 13.4 Å². The highest BCUT2D eigenvalue weighted by Gasteiger charge is 2.26. The van der Waals surface area contributed by atoms with E-state index in [0.717, 1.165) is 27.7 Å². The Morgan fingerprint density at radius 2 is 1.77 bits per heavy atom. The Morgan fingerprint density at radius 3 is 2.63 bits per heavy atom. The minimum absolute atomic E-state index is 0.128. The minimum Gasteiger partial charge on any atom is -0.381 e. The van der Waals surface area contributed by atoms with Crippen LogP contribution < -0.4 is 15.6 Å². The van der Waals surface area contributed by atoms with E-state index in [0.29, 0.717) is 23.4 Å². The molecule has 1 aliphatic heterocycles. The molecule has 6 nitrogen and oxygen atoms in total. The van der Waals surface area contributed by atoms with E-state index < -0.39 is 10.0 Å². The van der Waals surface area contributed by atoms with Crippen LogP contribution in [0.3, 0.4) is 0 Å². The molecule has 1 aliphatic rings. The number of anilines is 2. The average Bonchev–Trinajstić information content (AvgIpc) is 2.72. The summed E-state index contributed by atoms with van der Waals surface area (Å²) in [5.74, 6) is 0. The molecule has 0 bridgehead atoms. The molecular weight excluding hydrogens is 398 g/mol. The van der Waals surface area contributed by atoms with Crippen molar-refractivity contribution in [3.63, 3.8) is 0 Å². The number of H-pyrrole nitrogens is 1. The van der Waals surface area contributed by atoms with Gasteiger partial charge in [-0.2, -0.15) is 0 Å². The van der Waals surface area contributed by atoms with Crippen molar-refractivity contribution in [2.75, 3.05) is 10.0 Å². The van der Waals surface area contributed by atoms with E-state index in [1.807, 2.05) is 43.3 Å². The first-order valence-electron chi connectivity index (χ1n) is 9.53. The number of sulfonamides is 1. The summed E-state index contributed by atoms with van der Waals surface area (Å²) in [6, 6.07) is 20.2. The molecule has 5 rings (SSSR count). The summed E-state index contributed by atoms with van der Waals surface area (Å²) in [6.45, 7) is 2.34. The van der Waals surface area contributed by atoms with E-state index in [1.165, 1.54) is 0 Å². The summed E-state index contributed by atoms with van der Waals surface area (Å²) in [4.78, 5) is 15.7. The summed E-state index contributed by atoms with van der Waals surface area (Å²) in [7, 11) is -3.57. The predicted octanol–water partition coefficient (Wildman–Crippen LogP) is 4.23. The first-order chi connectivity index (χ1) is 14.4. The van der Waals surface area contributed by atoms with E-state index in [1.54, 1.807) is 30.3 Å². The van der Waals surface area contributed by atoms with Crippen molar-refractivity contribution in [2.24, 2.45) is 0 Å². The van der Waals surface area contributed by atoms with Gasteiger partial charge in [0.15, 0.2) is 0 Å². The lowest BCUT2D eigenvalue weighted by Gasteiger charge is -2.22. The van der Waals surface area contributed by atoms with Crippen LogP contribution in [0.2, 0.25) is 0 Å². The molecule has 0 atom stereocenters. The number of hydrogen-bond acceptors (Lipinski definition) is 4. The molecule has 0 saturated carbocycles. The first-order valence-corrected chi connectivity index (χ1v) is 11.0. The number of benzene rings is 3. The molecule has 150 valence electrons. The third-order valence-electron chi connectivity index (χ3n) is 5.29. The molecule has 4 aromatic rings. The monoisotopic (exact) mass is 417 g/mol. The fraction of sp³-hybridized carbons (Fsp3) is 0.0870. The molecule has 3 aromatic carbocycles. The summed E-state index contributed by atoms with van der Waals surface area (Å²) >= 11 is 0. The van der Waals surface area contributed by atoms with Crippen LogP contribution in [0.15, 0.2) is 76.4 Å². The zero-order chi connectivity index (χ0) is 20.9. The highest BCUT2D eigenvalue weighted by Crippen LogP contribution is 2.40. The standard InChI is InChI=1S/C23H19N3O3S/c1-14-6-7-15-11-16(23(27)25-21(15)10-14)13-24-17-8-9-20-19(12-17)18-4-2-3-5-22(18)30(28,29)26-20/h2-12,24,26H,13H2,1H3,(H,25,27). The van der Waals surface area contributed by atoms with Crippen molar-refractivity contribution < 1.29 is 8.42 Å². The number of rotatable bonds is 3. The number of pyridine rings is 1. The lowest BCUT2D eigenvalue weighted by atomic mass is 10.0. The maximum atomic E-state index is 12.5. The normalized spacial score (nSPS) is 13.9. The van der Waals surface area contributed by atoms with Crippen LogP contribution in [0, 0.1) is 6.92 Å². The molecule has 0 unspecified atom stereocenters. The molecule has 0 amide bonds. The Labute approximate surface area is 173 Å². The number of hydrogen-bond donors (Lipinski definition) is 3. The van der Waals surface area contributed by atoms with Crippen molar-refractivity contribution in [2.45, 2.75) is 18.4 Å². The maximum absolute atomic E-state index is 12.5. The average molecular weight is 417 g/mol. The van der Waals surface area contributed by atoms with E-state index in [4.69, 9.17) is 0 Å². The Bertz CT molecular complexity index is 1470. The Morgan fingerprint density at radius 1 is 0.933 bits per heavy atom. The largest absolute Gasteiger partial charge is 0.381 e. The van der Waals surface area contributed by atoms with Crippen LogP contribution >= 0.6 is 0 Å². The zero-order valence-corrected chi connectivity index (χ0v) is 17.0. The summed E-state index contributed by atoms with van der Waals surface area (Å²) < 4.78 is 27.5. The van der Waals surface area contributed by atoms with Gasteiger partial charge in [-0.05, 0) is 54.3 Å². The van der Waals surface area contributed by atoms with Crippen LogP contribution in [0.5, 0.6) is 0 Å². The number of nitrogens with one attached hydrogen (secondary N) is 3. The van der Waals surface area contributed by atoms with Crippen LogP contribution in [0.25, 0.3) is 22.0 Å². The predicted molar refractivity (Wildman–Crippen MR) is 119 cm³/mol. The Kier molecular flexibility index (Phi) is 4.15. The molecule has 30 heavy (non-hydrogen) atoms. The van der Waals surface area contributed by atoms with E-state index in [2.05, 4.69) is 15.0 Å². The van der Waals surface area contributed by atoms with E-state index in [9.17, 15) is 13.2 Å². The molecule has 7 heteroatoms. The lowest BCUT2D eigenvalue weighted by Crippen LogP contribution is -2.19. The second-order valence-electron chi connectivity index (χ2n) is 7.43. The number of aromatic nitrogens is 1. The molecule has 0 saturated heterocycles. The molecule has 1 aromatic heterocycles. The summed E-state index contributed by atoms with van der Waals surface area (Å²) in [6.07, 6.45) is 0. The van der Waals surface area contributed by atoms with Gasteiger partial charge in [0.25, 0.3) is 15.6 Å². The van der Waals surface area contributed by atoms with E-state index >= 15 is 0 Å². The van der Waals surface area contributed by atoms with Gasteiger partial charge in [-0.1, -0.05) is 30.3 Å². The summed E-state index contributed by atoms with van der Waals surface area (Å²) in [5, 5.41) is 4.26. The van der Waals surface area contributed by atoms with Gasteiger partial charge in [0, 0.05) is 34.4 Å². The highest BCUT2D eigenvalue weighted by atomic mass is 32.2. The van der Waals surface area contributed by atoms with Gasteiger partial charge in [0.2, 0.25) is 0 Å². The maximum Gasteiger partial charge on any atom is 0.262 e. The van der Waals surface area contributed by atoms with Crippen LogP contribution in [0.1, 0.15) is 11.1 Å². The van der Waals surface area contributed by atoms with Gasteiger partial charge in [0.05, 0.1) is 10.6 Å². The van der Waals surface area contributed by atoms with Crippen LogP contribution in [0.4, 0.5) is 11.4 Å². The second kappa shape index (κ2) is 6.74. The van der Waals surface area contributed by atoms with Crippen LogP contribution in [-0.2, 0) is 16.6 Å². The first kappa shape index (κ1) is 18.4. The Balaban J connectivity index is 1.47.